The molecule has 1 aliphatic carbocycles. The van der Waals surface area contributed by atoms with Crippen molar-refractivity contribution in [3.05, 3.63) is 70.7 Å². The average molecular weight is 494 g/mol. The zero-order valence-corrected chi connectivity index (χ0v) is 21.3. The van der Waals surface area contributed by atoms with E-state index in [2.05, 4.69) is 0 Å². The summed E-state index contributed by atoms with van der Waals surface area (Å²) >= 11 is 0. The minimum atomic E-state index is -0.865. The molecule has 0 amide bonds. The number of rotatable bonds is 7. The summed E-state index contributed by atoms with van der Waals surface area (Å²) in [5, 5.41) is 0. The van der Waals surface area contributed by atoms with Crippen molar-refractivity contribution in [1.29, 1.82) is 0 Å². The molecule has 1 heterocycles. The number of methoxy groups -OCH3 is 2. The van der Waals surface area contributed by atoms with E-state index in [-0.39, 0.29) is 24.2 Å². The first-order valence-corrected chi connectivity index (χ1v) is 12.3. The first-order valence-electron chi connectivity index (χ1n) is 12.3. The van der Waals surface area contributed by atoms with Crippen LogP contribution in [0.15, 0.2) is 58.7 Å². The molecule has 0 radical (unpaired) electrons. The van der Waals surface area contributed by atoms with Gasteiger partial charge in [-0.1, -0.05) is 31.2 Å². The minimum Gasteiger partial charge on any atom is -0.493 e. The number of Topliss-reactive ketones (excluding diaryl/α,β-unsaturated/α-hetero) is 1. The van der Waals surface area contributed by atoms with Gasteiger partial charge in [-0.15, -0.1) is 0 Å². The molecule has 6 nitrogen and oxygen atoms in total. The van der Waals surface area contributed by atoms with Crippen LogP contribution in [0.5, 0.6) is 11.5 Å². The number of ether oxygens (including phenoxy) is 3. The molecule has 36 heavy (non-hydrogen) atoms. The van der Waals surface area contributed by atoms with E-state index < -0.39 is 23.6 Å². The lowest BCUT2D eigenvalue weighted by atomic mass is 9.69. The Morgan fingerprint density at radius 3 is 2.50 bits per heavy atom. The summed E-state index contributed by atoms with van der Waals surface area (Å²) in [4.78, 5) is 31.7. The summed E-state index contributed by atoms with van der Waals surface area (Å²) in [5.41, 5.74) is 2.78. The van der Waals surface area contributed by atoms with Crippen LogP contribution in [0.3, 0.4) is 0 Å². The second-order valence-electron chi connectivity index (χ2n) is 9.39. The van der Waals surface area contributed by atoms with Gasteiger partial charge in [0.15, 0.2) is 17.3 Å². The number of carbonyl (C=O) groups is 2. The number of esters is 1. The Balaban J connectivity index is 1.78. The SMILES string of the molecule is CC[C@H](C)OC(=O)C1C(C)=NC2=C(C(=O)C[C@H](c3ccc(OC)c(OC)c3)C2)[C@@H]1c1ccccc1F. The van der Waals surface area contributed by atoms with E-state index in [0.29, 0.717) is 46.9 Å². The van der Waals surface area contributed by atoms with Crippen molar-refractivity contribution in [3.8, 4) is 11.5 Å². The third kappa shape index (κ3) is 4.79. The van der Waals surface area contributed by atoms with Crippen LogP contribution in [0.25, 0.3) is 0 Å². The van der Waals surface area contributed by atoms with Crippen molar-refractivity contribution in [2.24, 2.45) is 10.9 Å². The molecule has 2 aromatic rings. The fraction of sp³-hybridized carbons (Fsp3) is 0.414. The number of allylic oxidation sites excluding steroid dienone is 2. The van der Waals surface area contributed by atoms with Crippen LogP contribution >= 0.6 is 0 Å². The highest BCUT2D eigenvalue weighted by molar-refractivity contribution is 6.09. The monoisotopic (exact) mass is 493 g/mol. The van der Waals surface area contributed by atoms with Gasteiger partial charge < -0.3 is 14.2 Å². The maximum absolute atomic E-state index is 15.1. The lowest BCUT2D eigenvalue weighted by molar-refractivity contribution is -0.151. The predicted molar refractivity (Wildman–Crippen MR) is 135 cm³/mol. The third-order valence-electron chi connectivity index (χ3n) is 7.15. The van der Waals surface area contributed by atoms with E-state index in [1.807, 2.05) is 32.0 Å². The lowest BCUT2D eigenvalue weighted by Gasteiger charge is -2.37. The number of benzene rings is 2. The van der Waals surface area contributed by atoms with Gasteiger partial charge in [0, 0.05) is 29.3 Å². The van der Waals surface area contributed by atoms with Gasteiger partial charge >= 0.3 is 5.97 Å². The number of halogens is 1. The van der Waals surface area contributed by atoms with Gasteiger partial charge in [-0.05, 0) is 61.9 Å². The predicted octanol–water partition coefficient (Wildman–Crippen LogP) is 5.76. The van der Waals surface area contributed by atoms with Gasteiger partial charge in [0.1, 0.15) is 11.7 Å². The van der Waals surface area contributed by atoms with Crippen LogP contribution in [-0.4, -0.2) is 37.8 Å². The first kappa shape index (κ1) is 25.6. The smallest absolute Gasteiger partial charge is 0.315 e. The molecule has 0 fully saturated rings. The molecule has 2 aliphatic rings. The fourth-order valence-corrected chi connectivity index (χ4v) is 5.13. The molecular formula is C29H32FNO5. The maximum Gasteiger partial charge on any atom is 0.315 e. The Morgan fingerprint density at radius 2 is 1.83 bits per heavy atom. The topological polar surface area (TPSA) is 74.2 Å². The van der Waals surface area contributed by atoms with Crippen molar-refractivity contribution >= 4 is 17.5 Å². The number of carbonyl (C=O) groups excluding carboxylic acids is 2. The number of hydrogen-bond donors (Lipinski definition) is 0. The molecule has 0 bridgehead atoms. The zero-order valence-electron chi connectivity index (χ0n) is 21.3. The normalized spacial score (nSPS) is 22.4. The van der Waals surface area contributed by atoms with Crippen LogP contribution < -0.4 is 9.47 Å². The van der Waals surface area contributed by atoms with Crippen LogP contribution in [0.1, 0.15) is 63.0 Å². The number of nitrogens with zero attached hydrogens (tertiary/aromatic N) is 1. The molecule has 0 aromatic heterocycles. The molecule has 1 unspecified atom stereocenters. The third-order valence-corrected chi connectivity index (χ3v) is 7.15. The Morgan fingerprint density at radius 1 is 1.11 bits per heavy atom. The summed E-state index contributed by atoms with van der Waals surface area (Å²) in [6.45, 7) is 5.49. The van der Waals surface area contributed by atoms with E-state index in [1.54, 1.807) is 39.3 Å². The number of hydrogen-bond acceptors (Lipinski definition) is 6. The quantitative estimate of drug-likeness (QED) is 0.459. The van der Waals surface area contributed by atoms with E-state index in [9.17, 15) is 9.59 Å². The molecule has 7 heteroatoms. The van der Waals surface area contributed by atoms with E-state index in [0.717, 1.165) is 5.56 Å². The zero-order chi connectivity index (χ0) is 26.0. The lowest BCUT2D eigenvalue weighted by Crippen LogP contribution is -2.39. The summed E-state index contributed by atoms with van der Waals surface area (Å²) in [6, 6.07) is 11.9. The molecule has 1 aliphatic heterocycles. The molecule has 0 N–H and O–H groups in total. The second kappa shape index (κ2) is 10.6. The van der Waals surface area contributed by atoms with Crippen LogP contribution in [-0.2, 0) is 14.3 Å². The van der Waals surface area contributed by atoms with E-state index in [1.165, 1.54) is 6.07 Å². The maximum atomic E-state index is 15.1. The minimum absolute atomic E-state index is 0.127. The molecule has 4 atom stereocenters. The molecule has 0 spiro atoms. The molecule has 4 rings (SSSR count). The highest BCUT2D eigenvalue weighted by atomic mass is 19.1. The Bertz CT molecular complexity index is 1230. The van der Waals surface area contributed by atoms with E-state index in [4.69, 9.17) is 19.2 Å². The van der Waals surface area contributed by atoms with Gasteiger partial charge in [0.2, 0.25) is 0 Å². The number of ketones is 1. The van der Waals surface area contributed by atoms with Crippen molar-refractivity contribution in [2.45, 2.75) is 58.0 Å². The molecule has 190 valence electrons. The fourth-order valence-electron chi connectivity index (χ4n) is 5.13. The largest absolute Gasteiger partial charge is 0.493 e. The van der Waals surface area contributed by atoms with E-state index >= 15 is 4.39 Å². The summed E-state index contributed by atoms with van der Waals surface area (Å²) in [6.07, 6.45) is 1.07. The highest BCUT2D eigenvalue weighted by Crippen LogP contribution is 2.48. The van der Waals surface area contributed by atoms with Crippen molar-refractivity contribution in [2.75, 3.05) is 14.2 Å². The molecular weight excluding hydrogens is 461 g/mol. The van der Waals surface area contributed by atoms with Crippen LogP contribution in [0.4, 0.5) is 4.39 Å². The van der Waals surface area contributed by atoms with Gasteiger partial charge in [-0.2, -0.15) is 0 Å². The average Bonchev–Trinajstić information content (AvgIpc) is 2.87. The number of aliphatic imine (C=N–C) groups is 1. The first-order chi connectivity index (χ1) is 17.3. The molecule has 2 aromatic carbocycles. The van der Waals surface area contributed by atoms with Gasteiger partial charge in [-0.3, -0.25) is 14.6 Å². The summed E-state index contributed by atoms with van der Waals surface area (Å²) < 4.78 is 31.5. The van der Waals surface area contributed by atoms with Crippen molar-refractivity contribution in [3.63, 3.8) is 0 Å². The van der Waals surface area contributed by atoms with Crippen molar-refractivity contribution in [1.82, 2.24) is 0 Å². The Kier molecular flexibility index (Phi) is 7.57. The standard InChI is InChI=1S/C29H32FNO5/c1-6-16(2)36-29(33)26-17(3)31-22-13-19(18-11-12-24(34-4)25(15-18)35-5)14-23(32)28(22)27(26)20-9-7-8-10-21(20)30/h7-12,15-16,19,26-27H,6,13-14H2,1-5H3/t16-,19+,26?,27+/m0/s1. The van der Waals surface area contributed by atoms with Crippen LogP contribution in [0.2, 0.25) is 0 Å². The van der Waals surface area contributed by atoms with Crippen LogP contribution in [0, 0.1) is 11.7 Å². The van der Waals surface area contributed by atoms with Gasteiger partial charge in [-0.25, -0.2) is 4.39 Å². The van der Waals surface area contributed by atoms with Gasteiger partial charge in [0.05, 0.1) is 20.3 Å². The molecule has 0 saturated heterocycles. The summed E-state index contributed by atoms with van der Waals surface area (Å²) in [7, 11) is 3.14. The Hall–Kier alpha value is -3.48. The Labute approximate surface area is 211 Å². The summed E-state index contributed by atoms with van der Waals surface area (Å²) in [5.74, 6) is -1.66. The highest BCUT2D eigenvalue weighted by Gasteiger charge is 2.45. The van der Waals surface area contributed by atoms with Gasteiger partial charge in [0.25, 0.3) is 0 Å². The molecule has 0 saturated carbocycles. The van der Waals surface area contributed by atoms with Crippen molar-refractivity contribution < 1.29 is 28.2 Å². The second-order valence-corrected chi connectivity index (χ2v) is 9.39.